The largest absolute Gasteiger partial charge is 0.480 e. The van der Waals surface area contributed by atoms with Crippen LogP contribution in [0.25, 0.3) is 0 Å². The summed E-state index contributed by atoms with van der Waals surface area (Å²) in [4.78, 5) is 60.3. The number of hydrogen-bond donors (Lipinski definition) is 7. The van der Waals surface area contributed by atoms with Gasteiger partial charge in [-0.2, -0.15) is 24.4 Å². The molecule has 4 amide bonds. The van der Waals surface area contributed by atoms with Gasteiger partial charge in [0.15, 0.2) is 0 Å². The van der Waals surface area contributed by atoms with Crippen molar-refractivity contribution in [3.63, 3.8) is 0 Å². The average molecular weight is 494 g/mol. The molecule has 0 saturated heterocycles. The first kappa shape index (κ1) is 30.0. The molecule has 13 heteroatoms. The normalized spacial score (nSPS) is 15.5. The zero-order chi connectivity index (χ0) is 24.8. The second-order valence-corrected chi connectivity index (χ2v) is 8.76. The Labute approximate surface area is 198 Å². The molecule has 5 unspecified atom stereocenters. The van der Waals surface area contributed by atoms with Crippen LogP contribution in [0, 0.1) is 5.92 Å². The van der Waals surface area contributed by atoms with Crippen LogP contribution in [0.1, 0.15) is 39.5 Å². The van der Waals surface area contributed by atoms with E-state index in [-0.39, 0.29) is 24.5 Å². The Morgan fingerprint density at radius 1 is 1.00 bits per heavy atom. The molecule has 184 valence electrons. The van der Waals surface area contributed by atoms with Crippen molar-refractivity contribution >= 4 is 54.0 Å². The maximum Gasteiger partial charge on any atom is 0.326 e. The van der Waals surface area contributed by atoms with Crippen LogP contribution in [0.4, 0.5) is 0 Å². The molecule has 0 spiro atoms. The van der Waals surface area contributed by atoms with Crippen LogP contribution >= 0.6 is 24.4 Å². The maximum atomic E-state index is 12.9. The van der Waals surface area contributed by atoms with Gasteiger partial charge in [0, 0.05) is 12.2 Å². The number of thioether (sulfide) groups is 1. The number of hydrogen-bond acceptors (Lipinski definition) is 8. The van der Waals surface area contributed by atoms with E-state index in [0.29, 0.717) is 18.6 Å². The zero-order valence-corrected chi connectivity index (χ0v) is 20.3. The third-order valence-electron chi connectivity index (χ3n) is 4.86. The van der Waals surface area contributed by atoms with E-state index in [0.717, 1.165) is 0 Å². The number of carbonyl (C=O) groups excluding carboxylic acids is 4. The minimum Gasteiger partial charge on any atom is -0.480 e. The first-order chi connectivity index (χ1) is 15.0. The molecule has 0 aliphatic heterocycles. The predicted octanol–water partition coefficient (Wildman–Crippen LogP) is -1.15. The molecule has 0 radical (unpaired) electrons. The summed E-state index contributed by atoms with van der Waals surface area (Å²) in [6.07, 6.45) is 2.29. The number of carboxylic acid groups (broad SMARTS) is 1. The van der Waals surface area contributed by atoms with Crippen molar-refractivity contribution < 1.29 is 29.1 Å². The second kappa shape index (κ2) is 15.8. The third kappa shape index (κ3) is 11.0. The summed E-state index contributed by atoms with van der Waals surface area (Å²) in [6.45, 7) is 3.55. The summed E-state index contributed by atoms with van der Waals surface area (Å²) < 4.78 is 0. The molecule has 0 heterocycles. The van der Waals surface area contributed by atoms with Crippen molar-refractivity contribution in [2.75, 3.05) is 17.8 Å². The standard InChI is InChI=1S/C19H35N5O6S2/c1-4-10(2)15(18(28)23-13(19(29)30)5-6-14(21)25)24-17(27)12(7-8-32-3)22-16(26)11(20)9-31/h10-13,15,31H,4-9,20H2,1-3H3,(H2,21,25)(H,22,26)(H,23,28)(H,24,27)(H,29,30). The number of aliphatic carboxylic acids is 1. The highest BCUT2D eigenvalue weighted by Gasteiger charge is 2.32. The minimum atomic E-state index is -1.33. The van der Waals surface area contributed by atoms with Crippen LogP contribution in [0.3, 0.4) is 0 Å². The molecule has 0 aliphatic rings. The van der Waals surface area contributed by atoms with Crippen LogP contribution in [0.15, 0.2) is 0 Å². The number of rotatable bonds is 16. The smallest absolute Gasteiger partial charge is 0.326 e. The van der Waals surface area contributed by atoms with Gasteiger partial charge in [-0.05, 0) is 30.8 Å². The van der Waals surface area contributed by atoms with Gasteiger partial charge in [0.1, 0.15) is 18.1 Å². The fourth-order valence-corrected chi connectivity index (χ4v) is 3.26. The summed E-state index contributed by atoms with van der Waals surface area (Å²) in [5.41, 5.74) is 10.7. The molecule has 8 N–H and O–H groups in total. The molecule has 0 aromatic carbocycles. The van der Waals surface area contributed by atoms with Gasteiger partial charge in [-0.25, -0.2) is 4.79 Å². The number of carbonyl (C=O) groups is 5. The molecule has 0 aliphatic carbocycles. The molecular weight excluding hydrogens is 458 g/mol. The van der Waals surface area contributed by atoms with E-state index in [4.69, 9.17) is 11.5 Å². The van der Waals surface area contributed by atoms with Crippen LogP contribution in [-0.2, 0) is 24.0 Å². The quantitative estimate of drug-likeness (QED) is 0.131. The molecule has 0 bridgehead atoms. The summed E-state index contributed by atoms with van der Waals surface area (Å²) >= 11 is 5.46. The van der Waals surface area contributed by atoms with Crippen LogP contribution in [0.2, 0.25) is 0 Å². The lowest BCUT2D eigenvalue weighted by Crippen LogP contribution is -2.59. The lowest BCUT2D eigenvalue weighted by Gasteiger charge is -2.28. The molecule has 0 fully saturated rings. The summed E-state index contributed by atoms with van der Waals surface area (Å²) in [6, 6.07) is -4.20. The van der Waals surface area contributed by atoms with Gasteiger partial charge in [-0.1, -0.05) is 20.3 Å². The van der Waals surface area contributed by atoms with Gasteiger partial charge in [0.2, 0.25) is 23.6 Å². The van der Waals surface area contributed by atoms with Crippen molar-refractivity contribution in [2.45, 2.75) is 63.7 Å². The number of carboxylic acids is 1. The Bertz CT molecular complexity index is 666. The minimum absolute atomic E-state index is 0.0997. The first-order valence-electron chi connectivity index (χ1n) is 10.3. The molecule has 11 nitrogen and oxygen atoms in total. The van der Waals surface area contributed by atoms with Gasteiger partial charge >= 0.3 is 5.97 Å². The van der Waals surface area contributed by atoms with E-state index in [2.05, 4.69) is 28.6 Å². The van der Waals surface area contributed by atoms with Crippen LogP contribution in [0.5, 0.6) is 0 Å². The summed E-state index contributed by atoms with van der Waals surface area (Å²) in [5.74, 6) is -3.49. The molecule has 0 rings (SSSR count). The topological polar surface area (TPSA) is 194 Å². The van der Waals surface area contributed by atoms with Gasteiger partial charge in [-0.3, -0.25) is 19.2 Å². The molecule has 0 aromatic rings. The van der Waals surface area contributed by atoms with Gasteiger partial charge in [0.25, 0.3) is 0 Å². The summed E-state index contributed by atoms with van der Waals surface area (Å²) in [7, 11) is 0. The Hall–Kier alpha value is -1.99. The van der Waals surface area contributed by atoms with E-state index in [1.165, 1.54) is 11.8 Å². The Morgan fingerprint density at radius 2 is 1.59 bits per heavy atom. The Kier molecular flexibility index (Phi) is 14.8. The van der Waals surface area contributed by atoms with E-state index in [1.54, 1.807) is 6.92 Å². The van der Waals surface area contributed by atoms with E-state index < -0.39 is 53.8 Å². The SMILES string of the molecule is CCC(C)C(NC(=O)C(CCSC)NC(=O)C(N)CS)C(=O)NC(CCC(N)=O)C(=O)O. The number of amides is 4. The third-order valence-corrected chi connectivity index (χ3v) is 5.90. The van der Waals surface area contributed by atoms with Crippen LogP contribution in [-0.4, -0.2) is 76.6 Å². The van der Waals surface area contributed by atoms with Crippen molar-refractivity contribution in [3.05, 3.63) is 0 Å². The lowest BCUT2D eigenvalue weighted by atomic mass is 9.97. The van der Waals surface area contributed by atoms with Gasteiger partial charge in [0.05, 0.1) is 6.04 Å². The monoisotopic (exact) mass is 493 g/mol. The molecule has 5 atom stereocenters. The van der Waals surface area contributed by atoms with Crippen molar-refractivity contribution in [1.29, 1.82) is 0 Å². The van der Waals surface area contributed by atoms with Gasteiger partial charge in [-0.15, -0.1) is 0 Å². The number of nitrogens with two attached hydrogens (primary N) is 2. The summed E-state index contributed by atoms with van der Waals surface area (Å²) in [5, 5.41) is 16.9. The Balaban J connectivity index is 5.47. The fraction of sp³-hybridized carbons (Fsp3) is 0.737. The fourth-order valence-electron chi connectivity index (χ4n) is 2.63. The van der Waals surface area contributed by atoms with E-state index >= 15 is 0 Å². The lowest BCUT2D eigenvalue weighted by molar-refractivity contribution is -0.143. The van der Waals surface area contributed by atoms with E-state index in [9.17, 15) is 29.1 Å². The molecule has 0 saturated carbocycles. The van der Waals surface area contributed by atoms with Crippen molar-refractivity contribution in [3.8, 4) is 0 Å². The number of nitrogens with one attached hydrogen (secondary N) is 3. The highest BCUT2D eigenvalue weighted by atomic mass is 32.2. The second-order valence-electron chi connectivity index (χ2n) is 7.41. The molecule has 0 aromatic heterocycles. The average Bonchev–Trinajstić information content (AvgIpc) is 2.75. The predicted molar refractivity (Wildman–Crippen MR) is 126 cm³/mol. The number of primary amides is 1. The van der Waals surface area contributed by atoms with Gasteiger partial charge < -0.3 is 32.5 Å². The highest BCUT2D eigenvalue weighted by Crippen LogP contribution is 2.11. The molecular formula is C19H35N5O6S2. The van der Waals surface area contributed by atoms with Crippen molar-refractivity contribution in [1.82, 2.24) is 16.0 Å². The maximum absolute atomic E-state index is 12.9. The number of thiol groups is 1. The highest BCUT2D eigenvalue weighted by molar-refractivity contribution is 7.98. The zero-order valence-electron chi connectivity index (χ0n) is 18.6. The Morgan fingerprint density at radius 3 is 2.06 bits per heavy atom. The molecule has 32 heavy (non-hydrogen) atoms. The van der Waals surface area contributed by atoms with E-state index in [1.807, 2.05) is 13.2 Å². The first-order valence-corrected chi connectivity index (χ1v) is 12.3. The van der Waals surface area contributed by atoms with Crippen LogP contribution < -0.4 is 27.4 Å². The van der Waals surface area contributed by atoms with Crippen molar-refractivity contribution in [2.24, 2.45) is 17.4 Å².